The van der Waals surface area contributed by atoms with Gasteiger partial charge in [-0.15, -0.1) is 22.9 Å². The molecule has 1 nitrogen and oxygen atoms in total. The van der Waals surface area contributed by atoms with Gasteiger partial charge < -0.3 is 5.11 Å². The predicted molar refractivity (Wildman–Crippen MR) is 57.3 cm³/mol. The van der Waals surface area contributed by atoms with Crippen LogP contribution >= 0.6 is 22.9 Å². The molecule has 0 saturated heterocycles. The molecular weight excluding hydrogens is 223 g/mol. The van der Waals surface area contributed by atoms with E-state index in [4.69, 9.17) is 16.7 Å². The summed E-state index contributed by atoms with van der Waals surface area (Å²) >= 11 is 6.84. The van der Waals surface area contributed by atoms with Gasteiger partial charge in [-0.3, -0.25) is 0 Å². The lowest BCUT2D eigenvalue weighted by atomic mass is 10.1. The summed E-state index contributed by atoms with van der Waals surface area (Å²) < 4.78 is 13.8. The topological polar surface area (TPSA) is 20.2 Å². The fourth-order valence-electron chi connectivity index (χ4n) is 1.46. The van der Waals surface area contributed by atoms with Gasteiger partial charge in [0.15, 0.2) is 5.13 Å². The molecule has 0 atom stereocenters. The summed E-state index contributed by atoms with van der Waals surface area (Å²) in [6, 6.07) is 5.07. The average Bonchev–Trinajstić information content (AvgIpc) is 2.56. The minimum Gasteiger partial charge on any atom is -0.392 e. The van der Waals surface area contributed by atoms with Crippen molar-refractivity contribution in [3.05, 3.63) is 34.5 Å². The molecule has 1 aromatic heterocycles. The van der Waals surface area contributed by atoms with E-state index in [2.05, 4.69) is 0 Å². The summed E-state index contributed by atoms with van der Waals surface area (Å²) in [5.41, 5.74) is 1.61. The third-order valence-electron chi connectivity index (χ3n) is 2.16. The molecule has 0 spiro atoms. The van der Waals surface area contributed by atoms with Crippen LogP contribution in [0, 0.1) is 5.13 Å². The molecule has 0 fully saturated rings. The summed E-state index contributed by atoms with van der Waals surface area (Å²) in [7, 11) is 0. The monoisotopic (exact) mass is 230 g/mol. The van der Waals surface area contributed by atoms with Gasteiger partial charge in [-0.2, -0.15) is 4.39 Å². The van der Waals surface area contributed by atoms with Crippen molar-refractivity contribution in [2.24, 2.45) is 0 Å². The summed E-state index contributed by atoms with van der Waals surface area (Å²) in [6.45, 7) is -0.0580. The highest BCUT2D eigenvalue weighted by Crippen LogP contribution is 2.31. The summed E-state index contributed by atoms with van der Waals surface area (Å²) in [5, 5.41) is 9.69. The molecule has 0 aliphatic rings. The van der Waals surface area contributed by atoms with Crippen LogP contribution in [-0.4, -0.2) is 5.11 Å². The van der Waals surface area contributed by atoms with Crippen molar-refractivity contribution in [2.75, 3.05) is 0 Å². The van der Waals surface area contributed by atoms with Crippen molar-refractivity contribution in [3.8, 4) is 0 Å². The maximum atomic E-state index is 13.0. The molecule has 74 valence electrons. The summed E-state index contributed by atoms with van der Waals surface area (Å²) in [5.74, 6) is 0.299. The van der Waals surface area contributed by atoms with E-state index in [0.29, 0.717) is 5.88 Å². The van der Waals surface area contributed by atoms with Crippen molar-refractivity contribution in [1.82, 2.24) is 0 Å². The van der Waals surface area contributed by atoms with E-state index in [9.17, 15) is 4.39 Å². The van der Waals surface area contributed by atoms with Crippen LogP contribution in [0.5, 0.6) is 0 Å². The third kappa shape index (κ3) is 1.52. The van der Waals surface area contributed by atoms with E-state index in [1.807, 2.05) is 0 Å². The van der Waals surface area contributed by atoms with Gasteiger partial charge in [-0.05, 0) is 22.6 Å². The number of rotatable bonds is 2. The van der Waals surface area contributed by atoms with Crippen LogP contribution in [0.15, 0.2) is 18.2 Å². The zero-order chi connectivity index (χ0) is 10.1. The number of aliphatic hydroxyl groups is 1. The van der Waals surface area contributed by atoms with Crippen LogP contribution in [-0.2, 0) is 12.5 Å². The van der Waals surface area contributed by atoms with E-state index in [1.54, 1.807) is 12.1 Å². The molecule has 0 aliphatic carbocycles. The number of alkyl halides is 1. The molecule has 0 radical (unpaired) electrons. The van der Waals surface area contributed by atoms with Gasteiger partial charge in [0.25, 0.3) is 0 Å². The van der Waals surface area contributed by atoms with Crippen molar-refractivity contribution in [3.63, 3.8) is 0 Å². The second-order valence-electron chi connectivity index (χ2n) is 2.96. The Morgan fingerprint density at radius 2 is 2.21 bits per heavy atom. The van der Waals surface area contributed by atoms with Crippen LogP contribution in [0.4, 0.5) is 4.39 Å². The first kappa shape index (κ1) is 9.90. The largest absolute Gasteiger partial charge is 0.392 e. The predicted octanol–water partition coefficient (Wildman–Crippen LogP) is 3.27. The molecule has 0 aliphatic heterocycles. The van der Waals surface area contributed by atoms with Crippen molar-refractivity contribution >= 4 is 33.0 Å². The van der Waals surface area contributed by atoms with Crippen molar-refractivity contribution < 1.29 is 9.50 Å². The minimum atomic E-state index is -0.221. The number of benzene rings is 1. The number of fused-ring (bicyclic) bond motifs is 1. The Balaban J connectivity index is 2.75. The van der Waals surface area contributed by atoms with Crippen molar-refractivity contribution in [1.29, 1.82) is 0 Å². The van der Waals surface area contributed by atoms with Gasteiger partial charge in [-0.25, -0.2) is 0 Å². The first-order valence-electron chi connectivity index (χ1n) is 4.13. The maximum Gasteiger partial charge on any atom is 0.177 e. The molecule has 0 saturated carbocycles. The van der Waals surface area contributed by atoms with Crippen LogP contribution in [0.1, 0.15) is 11.1 Å². The highest BCUT2D eigenvalue weighted by molar-refractivity contribution is 7.17. The molecule has 4 heteroatoms. The van der Waals surface area contributed by atoms with Gasteiger partial charge in [-0.1, -0.05) is 12.1 Å². The molecule has 2 aromatic rings. The van der Waals surface area contributed by atoms with E-state index in [-0.39, 0.29) is 11.7 Å². The van der Waals surface area contributed by atoms with Crippen LogP contribution < -0.4 is 0 Å². The highest BCUT2D eigenvalue weighted by atomic mass is 35.5. The zero-order valence-corrected chi connectivity index (χ0v) is 8.83. The molecule has 1 heterocycles. The average molecular weight is 231 g/mol. The lowest BCUT2D eigenvalue weighted by molar-refractivity contribution is 0.281. The van der Waals surface area contributed by atoms with Gasteiger partial charge in [0, 0.05) is 10.6 Å². The van der Waals surface area contributed by atoms with Crippen LogP contribution in [0.3, 0.4) is 0 Å². The van der Waals surface area contributed by atoms with Gasteiger partial charge in [0.05, 0.1) is 6.61 Å². The molecule has 0 amide bonds. The molecule has 2 rings (SSSR count). The second-order valence-corrected chi connectivity index (χ2v) is 4.23. The Labute approximate surface area is 89.7 Å². The maximum absolute atomic E-state index is 13.0. The SMILES string of the molecule is OCc1ccc2cc(F)sc2c1CCl. The Morgan fingerprint density at radius 3 is 2.86 bits per heavy atom. The van der Waals surface area contributed by atoms with Gasteiger partial charge in [0.1, 0.15) is 0 Å². The molecule has 1 aromatic carbocycles. The third-order valence-corrected chi connectivity index (χ3v) is 3.43. The summed E-state index contributed by atoms with van der Waals surface area (Å²) in [6.07, 6.45) is 0. The van der Waals surface area contributed by atoms with Crippen LogP contribution in [0.25, 0.3) is 10.1 Å². The lowest BCUT2D eigenvalue weighted by Gasteiger charge is -2.04. The van der Waals surface area contributed by atoms with Crippen LogP contribution in [0.2, 0.25) is 0 Å². The number of halogens is 2. The molecule has 0 bridgehead atoms. The standard InChI is InChI=1S/C10H8ClFOS/c11-4-8-7(5-13)2-1-6-3-9(12)14-10(6)8/h1-3,13H,4-5H2. The van der Waals surface area contributed by atoms with Gasteiger partial charge in [0.2, 0.25) is 0 Å². The highest BCUT2D eigenvalue weighted by Gasteiger charge is 2.09. The Kier molecular flexibility index (Phi) is 2.72. The fourth-order valence-corrected chi connectivity index (χ4v) is 2.80. The molecule has 1 N–H and O–H groups in total. The Morgan fingerprint density at radius 1 is 1.43 bits per heavy atom. The lowest BCUT2D eigenvalue weighted by Crippen LogP contribution is -1.90. The quantitative estimate of drug-likeness (QED) is 0.786. The Hall–Kier alpha value is -0.640. The van der Waals surface area contributed by atoms with E-state index in [0.717, 1.165) is 32.5 Å². The van der Waals surface area contributed by atoms with Gasteiger partial charge >= 0.3 is 0 Å². The smallest absolute Gasteiger partial charge is 0.177 e. The minimum absolute atomic E-state index is 0.0580. The normalized spacial score (nSPS) is 11.1. The number of aliphatic hydroxyl groups excluding tert-OH is 1. The summed E-state index contributed by atoms with van der Waals surface area (Å²) in [4.78, 5) is 0. The number of thiophene rings is 1. The van der Waals surface area contributed by atoms with E-state index in [1.165, 1.54) is 6.07 Å². The molecule has 14 heavy (non-hydrogen) atoms. The van der Waals surface area contributed by atoms with E-state index < -0.39 is 0 Å². The number of hydrogen-bond acceptors (Lipinski definition) is 2. The first-order valence-corrected chi connectivity index (χ1v) is 5.48. The number of hydrogen-bond donors (Lipinski definition) is 1. The molecule has 0 unspecified atom stereocenters. The second kappa shape index (κ2) is 3.85. The first-order chi connectivity index (χ1) is 6.76. The van der Waals surface area contributed by atoms with Crippen molar-refractivity contribution in [2.45, 2.75) is 12.5 Å². The Bertz CT molecular complexity index is 466. The van der Waals surface area contributed by atoms with E-state index >= 15 is 0 Å². The fraction of sp³-hybridized carbons (Fsp3) is 0.200. The molecular formula is C10H8ClFOS. The zero-order valence-electron chi connectivity index (χ0n) is 7.26.